The van der Waals surface area contributed by atoms with Gasteiger partial charge in [-0.25, -0.2) is 4.98 Å². The number of carbonyl (C=O) groups is 1. The van der Waals surface area contributed by atoms with Crippen molar-refractivity contribution in [3.05, 3.63) is 23.9 Å². The fourth-order valence-corrected chi connectivity index (χ4v) is 0.978. The van der Waals surface area contributed by atoms with Gasteiger partial charge in [0.2, 0.25) is 5.91 Å². The second-order valence-corrected chi connectivity index (χ2v) is 2.72. The van der Waals surface area contributed by atoms with Crippen LogP contribution in [0.1, 0.15) is 12.5 Å². The predicted octanol–water partition coefficient (Wildman–Crippen LogP) is 1.37. The quantitative estimate of drug-likeness (QED) is 0.628. The maximum absolute atomic E-state index is 11.0. The number of hydrogen-bond donors (Lipinski definition) is 0. The lowest BCUT2D eigenvalue weighted by atomic mass is 10.3. The highest BCUT2D eigenvalue weighted by Gasteiger charge is 2.07. The summed E-state index contributed by atoms with van der Waals surface area (Å²) in [5.74, 6) is 0.724. The second kappa shape index (κ2) is 3.34. The summed E-state index contributed by atoms with van der Waals surface area (Å²) in [6, 6.07) is 3.79. The third-order valence-corrected chi connectivity index (χ3v) is 1.77. The highest BCUT2D eigenvalue weighted by atomic mass is 16.2. The van der Waals surface area contributed by atoms with Gasteiger partial charge < -0.3 is 0 Å². The third kappa shape index (κ3) is 1.61. The van der Waals surface area contributed by atoms with E-state index >= 15 is 0 Å². The van der Waals surface area contributed by atoms with Gasteiger partial charge in [-0.15, -0.1) is 0 Å². The van der Waals surface area contributed by atoms with E-state index in [4.69, 9.17) is 0 Å². The Bertz CT molecular complexity index is 296. The van der Waals surface area contributed by atoms with Crippen molar-refractivity contribution in [1.29, 1.82) is 0 Å². The molecule has 12 heavy (non-hydrogen) atoms. The van der Waals surface area contributed by atoms with Crippen molar-refractivity contribution < 1.29 is 4.79 Å². The van der Waals surface area contributed by atoms with Crippen LogP contribution in [0.15, 0.2) is 18.3 Å². The van der Waals surface area contributed by atoms with E-state index in [2.05, 4.69) is 4.98 Å². The summed E-state index contributed by atoms with van der Waals surface area (Å²) in [6.07, 6.45) is 1.68. The van der Waals surface area contributed by atoms with E-state index in [9.17, 15) is 4.79 Å². The Morgan fingerprint density at radius 2 is 2.25 bits per heavy atom. The second-order valence-electron chi connectivity index (χ2n) is 2.72. The maximum Gasteiger partial charge on any atom is 0.224 e. The van der Waals surface area contributed by atoms with Crippen LogP contribution in [0.3, 0.4) is 0 Å². The first-order chi connectivity index (χ1) is 5.63. The first-order valence-electron chi connectivity index (χ1n) is 3.79. The normalized spacial score (nSPS) is 9.58. The number of amides is 1. The number of nitrogens with zero attached hydrogens (tertiary/aromatic N) is 2. The Labute approximate surface area is 72.0 Å². The number of aryl methyl sites for hydroxylation is 1. The van der Waals surface area contributed by atoms with Crippen LogP contribution < -0.4 is 4.90 Å². The minimum atomic E-state index is -0.00296. The van der Waals surface area contributed by atoms with Gasteiger partial charge in [0.15, 0.2) is 0 Å². The molecule has 0 aliphatic heterocycles. The van der Waals surface area contributed by atoms with Crippen molar-refractivity contribution in [3.63, 3.8) is 0 Å². The van der Waals surface area contributed by atoms with Gasteiger partial charge >= 0.3 is 0 Å². The zero-order valence-corrected chi connectivity index (χ0v) is 7.53. The van der Waals surface area contributed by atoms with Crippen LogP contribution in [0.25, 0.3) is 0 Å². The SMILES string of the molecule is CC(=O)N(C)c1ncccc1C. The standard InChI is InChI=1S/C9H12N2O/c1-7-5-4-6-10-9(7)11(3)8(2)12/h4-6H,1-3H3. The van der Waals surface area contributed by atoms with E-state index in [1.165, 1.54) is 11.8 Å². The van der Waals surface area contributed by atoms with Crippen LogP contribution in [-0.2, 0) is 4.79 Å². The van der Waals surface area contributed by atoms with Gasteiger partial charge in [-0.3, -0.25) is 9.69 Å². The zero-order valence-electron chi connectivity index (χ0n) is 7.53. The zero-order chi connectivity index (χ0) is 9.14. The highest BCUT2D eigenvalue weighted by molar-refractivity contribution is 5.90. The maximum atomic E-state index is 11.0. The van der Waals surface area contributed by atoms with Crippen LogP contribution in [-0.4, -0.2) is 17.9 Å². The van der Waals surface area contributed by atoms with Crippen LogP contribution in [0.2, 0.25) is 0 Å². The topological polar surface area (TPSA) is 33.2 Å². The lowest BCUT2D eigenvalue weighted by Crippen LogP contribution is -2.24. The minimum Gasteiger partial charge on any atom is -0.300 e. The van der Waals surface area contributed by atoms with Crippen molar-refractivity contribution >= 4 is 11.7 Å². The minimum absolute atomic E-state index is 0.00296. The summed E-state index contributed by atoms with van der Waals surface area (Å²) in [5.41, 5.74) is 1.01. The van der Waals surface area contributed by atoms with E-state index in [1.54, 1.807) is 13.2 Å². The number of hydrogen-bond acceptors (Lipinski definition) is 2. The number of carbonyl (C=O) groups excluding carboxylic acids is 1. The molecule has 3 nitrogen and oxygen atoms in total. The van der Waals surface area contributed by atoms with Crippen molar-refractivity contribution in [2.45, 2.75) is 13.8 Å². The average molecular weight is 164 g/mol. The monoisotopic (exact) mass is 164 g/mol. The molecule has 3 heteroatoms. The van der Waals surface area contributed by atoms with Crippen molar-refractivity contribution in [1.82, 2.24) is 4.98 Å². The van der Waals surface area contributed by atoms with E-state index in [0.29, 0.717) is 0 Å². The molecule has 64 valence electrons. The average Bonchev–Trinajstić information content (AvgIpc) is 2.04. The summed E-state index contributed by atoms with van der Waals surface area (Å²) in [6.45, 7) is 3.45. The van der Waals surface area contributed by atoms with Crippen LogP contribution in [0.5, 0.6) is 0 Å². The Balaban J connectivity index is 3.02. The summed E-state index contributed by atoms with van der Waals surface area (Å²) >= 11 is 0. The molecule has 0 bridgehead atoms. The molecule has 1 aromatic heterocycles. The molecule has 0 unspecified atom stereocenters. The molecule has 0 saturated carbocycles. The fraction of sp³-hybridized carbons (Fsp3) is 0.333. The Hall–Kier alpha value is -1.38. The van der Waals surface area contributed by atoms with E-state index < -0.39 is 0 Å². The first-order valence-corrected chi connectivity index (χ1v) is 3.79. The summed E-state index contributed by atoms with van der Waals surface area (Å²) in [7, 11) is 1.72. The number of anilines is 1. The first kappa shape index (κ1) is 8.71. The lowest BCUT2D eigenvalue weighted by Gasteiger charge is -2.15. The van der Waals surface area contributed by atoms with Crippen molar-refractivity contribution in [3.8, 4) is 0 Å². The van der Waals surface area contributed by atoms with Gasteiger partial charge in [-0.2, -0.15) is 0 Å². The molecule has 0 spiro atoms. The number of aromatic nitrogens is 1. The summed E-state index contributed by atoms with van der Waals surface area (Å²) in [5, 5.41) is 0. The van der Waals surface area contributed by atoms with Gasteiger partial charge in [0.05, 0.1) is 0 Å². The molecule has 1 aromatic rings. The van der Waals surface area contributed by atoms with Crippen molar-refractivity contribution in [2.75, 3.05) is 11.9 Å². The molecule has 0 fully saturated rings. The predicted molar refractivity (Wildman–Crippen MR) is 48.1 cm³/mol. The summed E-state index contributed by atoms with van der Waals surface area (Å²) in [4.78, 5) is 16.6. The third-order valence-electron chi connectivity index (χ3n) is 1.77. The molecule has 0 aliphatic carbocycles. The number of pyridine rings is 1. The van der Waals surface area contributed by atoms with Gasteiger partial charge in [0.1, 0.15) is 5.82 Å². The van der Waals surface area contributed by atoms with Gasteiger partial charge in [0, 0.05) is 20.2 Å². The largest absolute Gasteiger partial charge is 0.300 e. The van der Waals surface area contributed by atoms with Gasteiger partial charge in [-0.1, -0.05) is 6.07 Å². The van der Waals surface area contributed by atoms with E-state index in [-0.39, 0.29) is 5.91 Å². The molecule has 1 rings (SSSR count). The molecule has 1 amide bonds. The smallest absolute Gasteiger partial charge is 0.224 e. The fourth-order valence-electron chi connectivity index (χ4n) is 0.978. The molecule has 0 aromatic carbocycles. The van der Waals surface area contributed by atoms with E-state index in [0.717, 1.165) is 11.4 Å². The van der Waals surface area contributed by atoms with Crippen LogP contribution in [0.4, 0.5) is 5.82 Å². The molecular formula is C9H12N2O. The Kier molecular flexibility index (Phi) is 2.43. The molecular weight excluding hydrogens is 152 g/mol. The molecule has 1 heterocycles. The molecule has 0 saturated heterocycles. The van der Waals surface area contributed by atoms with Crippen LogP contribution >= 0.6 is 0 Å². The van der Waals surface area contributed by atoms with Crippen LogP contribution in [0, 0.1) is 6.92 Å². The summed E-state index contributed by atoms with van der Waals surface area (Å²) < 4.78 is 0. The molecule has 0 radical (unpaired) electrons. The lowest BCUT2D eigenvalue weighted by molar-refractivity contribution is -0.116. The van der Waals surface area contributed by atoms with E-state index in [1.807, 2.05) is 19.1 Å². The Morgan fingerprint density at radius 1 is 1.58 bits per heavy atom. The van der Waals surface area contributed by atoms with Gasteiger partial charge in [-0.05, 0) is 18.6 Å². The molecule has 0 N–H and O–H groups in total. The number of rotatable bonds is 1. The van der Waals surface area contributed by atoms with Gasteiger partial charge in [0.25, 0.3) is 0 Å². The molecule has 0 aliphatic rings. The molecule has 0 atom stereocenters. The Morgan fingerprint density at radius 3 is 2.75 bits per heavy atom. The highest BCUT2D eigenvalue weighted by Crippen LogP contribution is 2.13. The van der Waals surface area contributed by atoms with Crippen molar-refractivity contribution in [2.24, 2.45) is 0 Å².